The van der Waals surface area contributed by atoms with E-state index in [9.17, 15) is 14.9 Å². The molecule has 3 rings (SSSR count). The number of amides is 1. The van der Waals surface area contributed by atoms with Gasteiger partial charge in [0.25, 0.3) is 5.91 Å². The maximum Gasteiger partial charge on any atom is 0.338 e. The van der Waals surface area contributed by atoms with Crippen LogP contribution in [0.2, 0.25) is 0 Å². The topological polar surface area (TPSA) is 92.3 Å². The second-order valence-electron chi connectivity index (χ2n) is 6.13. The molecule has 0 unspecified atom stereocenters. The first-order valence-electron chi connectivity index (χ1n) is 9.06. The summed E-state index contributed by atoms with van der Waals surface area (Å²) in [5.74, 6) is 0.0288. The third kappa shape index (κ3) is 5.36. The lowest BCUT2D eigenvalue weighted by Crippen LogP contribution is -2.13. The van der Waals surface area contributed by atoms with E-state index >= 15 is 0 Å². The van der Waals surface area contributed by atoms with E-state index in [1.54, 1.807) is 43.3 Å². The van der Waals surface area contributed by atoms with Crippen molar-refractivity contribution in [2.24, 2.45) is 0 Å². The molecule has 0 atom stereocenters. The van der Waals surface area contributed by atoms with Crippen molar-refractivity contribution in [3.8, 4) is 17.4 Å². The molecule has 0 bridgehead atoms. The number of esters is 1. The summed E-state index contributed by atoms with van der Waals surface area (Å²) >= 11 is 2.22. The van der Waals surface area contributed by atoms with Crippen LogP contribution in [0.15, 0.2) is 70.7 Å². The van der Waals surface area contributed by atoms with Crippen molar-refractivity contribution < 1.29 is 18.7 Å². The van der Waals surface area contributed by atoms with Crippen LogP contribution in [-0.2, 0) is 9.53 Å². The maximum atomic E-state index is 12.4. The normalized spacial score (nSPS) is 10.9. The van der Waals surface area contributed by atoms with Gasteiger partial charge in [-0.1, -0.05) is 12.1 Å². The Balaban J connectivity index is 1.72. The van der Waals surface area contributed by atoms with Gasteiger partial charge in [0, 0.05) is 20.9 Å². The molecular formula is C23H17IN2O4. The first-order chi connectivity index (χ1) is 14.5. The van der Waals surface area contributed by atoms with Gasteiger partial charge in [-0.2, -0.15) is 5.26 Å². The molecule has 1 aromatic heterocycles. The molecule has 3 aromatic rings. The molecule has 0 fully saturated rings. The molecule has 0 radical (unpaired) electrons. The summed E-state index contributed by atoms with van der Waals surface area (Å²) in [6.07, 6.45) is 1.39. The molecule has 30 heavy (non-hydrogen) atoms. The molecule has 0 saturated heterocycles. The summed E-state index contributed by atoms with van der Waals surface area (Å²) < 4.78 is 11.8. The van der Waals surface area contributed by atoms with Gasteiger partial charge in [0.2, 0.25) is 0 Å². The lowest BCUT2D eigenvalue weighted by atomic mass is 10.2. The van der Waals surface area contributed by atoms with Crippen LogP contribution in [0.25, 0.3) is 17.4 Å². The number of benzene rings is 2. The first-order valence-corrected chi connectivity index (χ1v) is 10.1. The van der Waals surface area contributed by atoms with Crippen LogP contribution in [0, 0.1) is 14.9 Å². The highest BCUT2D eigenvalue weighted by molar-refractivity contribution is 14.1. The fourth-order valence-corrected chi connectivity index (χ4v) is 2.95. The summed E-state index contributed by atoms with van der Waals surface area (Å²) in [7, 11) is 0. The van der Waals surface area contributed by atoms with E-state index in [-0.39, 0.29) is 12.2 Å². The van der Waals surface area contributed by atoms with Crippen molar-refractivity contribution in [2.75, 3.05) is 11.9 Å². The van der Waals surface area contributed by atoms with Gasteiger partial charge in [-0.3, -0.25) is 4.79 Å². The van der Waals surface area contributed by atoms with Crippen LogP contribution >= 0.6 is 22.6 Å². The molecular weight excluding hydrogens is 495 g/mol. The number of hydrogen-bond acceptors (Lipinski definition) is 5. The van der Waals surface area contributed by atoms with E-state index < -0.39 is 11.9 Å². The van der Waals surface area contributed by atoms with Crippen LogP contribution < -0.4 is 5.32 Å². The zero-order chi connectivity index (χ0) is 21.5. The van der Waals surface area contributed by atoms with Gasteiger partial charge in [0.1, 0.15) is 23.2 Å². The van der Waals surface area contributed by atoms with Gasteiger partial charge in [-0.25, -0.2) is 4.79 Å². The quantitative estimate of drug-likeness (QED) is 0.210. The third-order valence-electron chi connectivity index (χ3n) is 4.06. The number of carbonyl (C=O) groups is 2. The Hall–Kier alpha value is -3.38. The van der Waals surface area contributed by atoms with E-state index in [4.69, 9.17) is 9.15 Å². The third-order valence-corrected chi connectivity index (χ3v) is 4.78. The highest BCUT2D eigenvalue weighted by Gasteiger charge is 2.12. The number of hydrogen-bond donors (Lipinski definition) is 1. The SMILES string of the molecule is CCOC(=O)c1ccc(NC(=O)/C(C#N)=C/c2ccc(-c3ccc(I)cc3)o2)cc1. The molecule has 6 nitrogen and oxygen atoms in total. The predicted molar refractivity (Wildman–Crippen MR) is 121 cm³/mol. The molecule has 2 aromatic carbocycles. The Labute approximate surface area is 187 Å². The molecule has 7 heteroatoms. The van der Waals surface area contributed by atoms with Gasteiger partial charge in [-0.15, -0.1) is 0 Å². The van der Waals surface area contributed by atoms with Crippen molar-refractivity contribution in [1.29, 1.82) is 5.26 Å². The summed E-state index contributed by atoms with van der Waals surface area (Å²) in [5.41, 5.74) is 1.63. The molecule has 0 spiro atoms. The minimum Gasteiger partial charge on any atom is -0.462 e. The number of nitrogens with zero attached hydrogens (tertiary/aromatic N) is 1. The second-order valence-corrected chi connectivity index (χ2v) is 7.38. The summed E-state index contributed by atoms with van der Waals surface area (Å²) in [5, 5.41) is 12.0. The molecule has 1 N–H and O–H groups in total. The Kier molecular flexibility index (Phi) is 7.03. The molecule has 0 aliphatic heterocycles. The van der Waals surface area contributed by atoms with Crippen LogP contribution in [0.3, 0.4) is 0 Å². The fourth-order valence-electron chi connectivity index (χ4n) is 2.59. The van der Waals surface area contributed by atoms with E-state index in [0.717, 1.165) is 9.13 Å². The Bertz CT molecular complexity index is 1120. The van der Waals surface area contributed by atoms with Crippen molar-refractivity contribution in [3.63, 3.8) is 0 Å². The number of anilines is 1. The van der Waals surface area contributed by atoms with Gasteiger partial charge in [0.05, 0.1) is 12.2 Å². The van der Waals surface area contributed by atoms with Crippen molar-refractivity contribution in [2.45, 2.75) is 6.92 Å². The number of rotatable bonds is 6. The predicted octanol–water partition coefficient (Wildman–Crippen LogP) is 5.27. The largest absolute Gasteiger partial charge is 0.462 e. The van der Waals surface area contributed by atoms with Crippen LogP contribution in [0.5, 0.6) is 0 Å². The number of nitrogens with one attached hydrogen (secondary N) is 1. The molecule has 1 amide bonds. The summed E-state index contributed by atoms with van der Waals surface area (Å²) in [4.78, 5) is 24.1. The smallest absolute Gasteiger partial charge is 0.338 e. The molecule has 0 saturated carbocycles. The second kappa shape index (κ2) is 9.89. The number of nitriles is 1. The minimum absolute atomic E-state index is 0.104. The first kappa shape index (κ1) is 21.3. The maximum absolute atomic E-state index is 12.4. The van der Waals surface area contributed by atoms with Gasteiger partial charge in [0.15, 0.2) is 0 Å². The summed E-state index contributed by atoms with van der Waals surface area (Å²) in [6.45, 7) is 2.01. The zero-order valence-corrected chi connectivity index (χ0v) is 18.2. The Morgan fingerprint density at radius 1 is 1.10 bits per heavy atom. The lowest BCUT2D eigenvalue weighted by Gasteiger charge is -2.06. The van der Waals surface area contributed by atoms with Crippen LogP contribution in [0.1, 0.15) is 23.0 Å². The molecule has 0 aliphatic rings. The minimum atomic E-state index is -0.575. The van der Waals surface area contributed by atoms with Crippen LogP contribution in [-0.4, -0.2) is 18.5 Å². The van der Waals surface area contributed by atoms with Gasteiger partial charge >= 0.3 is 5.97 Å². The van der Waals surface area contributed by atoms with Gasteiger partial charge in [-0.05, 0) is 78.0 Å². The molecule has 0 aliphatic carbocycles. The number of ether oxygens (including phenoxy) is 1. The monoisotopic (exact) mass is 512 g/mol. The van der Waals surface area contributed by atoms with Crippen molar-refractivity contribution in [1.82, 2.24) is 0 Å². The average molecular weight is 512 g/mol. The average Bonchev–Trinajstić information content (AvgIpc) is 3.21. The standard InChI is InChI=1S/C23H17IN2O4/c1-2-29-23(28)16-5-9-19(10-6-16)26-22(27)17(14-25)13-20-11-12-21(30-20)15-3-7-18(24)8-4-15/h3-13H,2H2,1H3,(H,26,27)/b17-13+. The Morgan fingerprint density at radius 3 is 2.43 bits per heavy atom. The highest BCUT2D eigenvalue weighted by Crippen LogP contribution is 2.24. The van der Waals surface area contributed by atoms with E-state index in [1.165, 1.54) is 6.08 Å². The summed E-state index contributed by atoms with van der Waals surface area (Å²) in [6, 6.07) is 19.4. The van der Waals surface area contributed by atoms with Crippen LogP contribution in [0.4, 0.5) is 5.69 Å². The van der Waals surface area contributed by atoms with E-state index in [2.05, 4.69) is 27.9 Å². The Morgan fingerprint density at radius 2 is 1.80 bits per heavy atom. The fraction of sp³-hybridized carbons (Fsp3) is 0.0870. The van der Waals surface area contributed by atoms with Crippen molar-refractivity contribution in [3.05, 3.63) is 81.1 Å². The lowest BCUT2D eigenvalue weighted by molar-refractivity contribution is -0.112. The van der Waals surface area contributed by atoms with Gasteiger partial charge < -0.3 is 14.5 Å². The van der Waals surface area contributed by atoms with Crippen molar-refractivity contribution >= 4 is 46.2 Å². The van der Waals surface area contributed by atoms with E-state index in [0.29, 0.717) is 22.8 Å². The highest BCUT2D eigenvalue weighted by atomic mass is 127. The number of halogens is 1. The van der Waals surface area contributed by atoms with E-state index in [1.807, 2.05) is 30.3 Å². The molecule has 1 heterocycles. The number of furan rings is 1. The zero-order valence-electron chi connectivity index (χ0n) is 16.0. The molecule has 150 valence electrons. The number of carbonyl (C=O) groups excluding carboxylic acids is 2.